The Labute approximate surface area is 163 Å². The van der Waals surface area contributed by atoms with Gasteiger partial charge in [-0.3, -0.25) is 4.90 Å². The highest BCUT2D eigenvalue weighted by atomic mass is 16.4. The summed E-state index contributed by atoms with van der Waals surface area (Å²) in [6.07, 6.45) is 0. The minimum Gasteiger partial charge on any atom is -0.419 e. The Morgan fingerprint density at radius 1 is 0.852 bits per heavy atom. The van der Waals surface area contributed by atoms with Gasteiger partial charge in [0.25, 0.3) is 0 Å². The number of piperazine rings is 1. The molecule has 1 aliphatic rings. The van der Waals surface area contributed by atoms with E-state index in [1.165, 1.54) is 11.1 Å². The molecule has 1 aromatic heterocycles. The molecule has 0 unspecified atom stereocenters. The van der Waals surface area contributed by atoms with E-state index in [-0.39, 0.29) is 10.8 Å². The van der Waals surface area contributed by atoms with Gasteiger partial charge in [-0.1, -0.05) is 47.6 Å². The van der Waals surface area contributed by atoms with Crippen molar-refractivity contribution < 1.29 is 4.42 Å². The molecular weight excluding hydrogens is 336 g/mol. The highest BCUT2D eigenvalue weighted by Gasteiger charge is 2.23. The normalized spacial score (nSPS) is 17.4. The van der Waals surface area contributed by atoms with Crippen molar-refractivity contribution in [3.8, 4) is 11.5 Å². The van der Waals surface area contributed by atoms with E-state index in [1.807, 2.05) is 0 Å². The fraction of sp³-hybridized carbons (Fsp3) is 0.636. The molecule has 0 spiro atoms. The molecular formula is C22H34N4O. The number of nitrogens with zero attached hydrogens (tertiary/aromatic N) is 4. The summed E-state index contributed by atoms with van der Waals surface area (Å²) in [7, 11) is 2.16. The second kappa shape index (κ2) is 7.36. The fourth-order valence-corrected chi connectivity index (χ4v) is 3.25. The molecule has 2 heterocycles. The summed E-state index contributed by atoms with van der Waals surface area (Å²) >= 11 is 0. The Morgan fingerprint density at radius 3 is 1.93 bits per heavy atom. The van der Waals surface area contributed by atoms with E-state index in [2.05, 4.69) is 86.8 Å². The number of likely N-dealkylation sites (N-methyl/N-ethyl adjacent to an activating group) is 1. The lowest BCUT2D eigenvalue weighted by Gasteiger charge is -2.31. The van der Waals surface area contributed by atoms with E-state index in [4.69, 9.17) is 4.42 Å². The lowest BCUT2D eigenvalue weighted by Crippen LogP contribution is -2.43. The molecule has 0 N–H and O–H groups in total. The minimum absolute atomic E-state index is 0.0681. The predicted molar refractivity (Wildman–Crippen MR) is 110 cm³/mol. The van der Waals surface area contributed by atoms with Crippen LogP contribution >= 0.6 is 0 Å². The van der Waals surface area contributed by atoms with E-state index in [9.17, 15) is 0 Å². The van der Waals surface area contributed by atoms with E-state index >= 15 is 0 Å². The topological polar surface area (TPSA) is 45.4 Å². The average Bonchev–Trinajstić information content (AvgIpc) is 3.03. The third-order valence-corrected chi connectivity index (χ3v) is 5.33. The first kappa shape index (κ1) is 20.0. The molecule has 5 heteroatoms. The Kier molecular flexibility index (Phi) is 5.46. The van der Waals surface area contributed by atoms with Gasteiger partial charge in [-0.05, 0) is 41.1 Å². The average molecular weight is 371 g/mol. The molecule has 3 rings (SSSR count). The molecule has 5 nitrogen and oxygen atoms in total. The number of aromatic nitrogens is 2. The third-order valence-electron chi connectivity index (χ3n) is 5.33. The summed E-state index contributed by atoms with van der Waals surface area (Å²) in [4.78, 5) is 4.73. The van der Waals surface area contributed by atoms with Crippen molar-refractivity contribution in [2.45, 2.75) is 58.9 Å². The Balaban J connectivity index is 1.86. The van der Waals surface area contributed by atoms with Crippen LogP contribution in [-0.4, -0.2) is 53.2 Å². The smallest absolute Gasteiger partial charge is 0.247 e. The first-order valence-corrected chi connectivity index (χ1v) is 9.92. The van der Waals surface area contributed by atoms with Crippen LogP contribution in [0.3, 0.4) is 0 Å². The Bertz CT molecular complexity index is 742. The summed E-state index contributed by atoms with van der Waals surface area (Å²) in [5.41, 5.74) is 3.74. The van der Waals surface area contributed by atoms with Crippen LogP contribution < -0.4 is 0 Å². The summed E-state index contributed by atoms with van der Waals surface area (Å²) in [6.45, 7) is 18.4. The quantitative estimate of drug-likeness (QED) is 0.815. The molecule has 1 aliphatic heterocycles. The molecule has 1 saturated heterocycles. The maximum absolute atomic E-state index is 6.06. The largest absolute Gasteiger partial charge is 0.419 e. The van der Waals surface area contributed by atoms with E-state index in [1.54, 1.807) is 0 Å². The van der Waals surface area contributed by atoms with Gasteiger partial charge >= 0.3 is 0 Å². The maximum Gasteiger partial charge on any atom is 0.247 e. The van der Waals surface area contributed by atoms with Gasteiger partial charge in [0.15, 0.2) is 0 Å². The van der Waals surface area contributed by atoms with Crippen LogP contribution in [0.4, 0.5) is 0 Å². The molecule has 148 valence electrons. The summed E-state index contributed by atoms with van der Waals surface area (Å²) < 4.78 is 6.06. The van der Waals surface area contributed by atoms with Crippen LogP contribution in [0, 0.1) is 0 Å². The van der Waals surface area contributed by atoms with E-state index < -0.39 is 0 Å². The van der Waals surface area contributed by atoms with Crippen molar-refractivity contribution >= 4 is 0 Å². The lowest BCUT2D eigenvalue weighted by atomic mass is 9.79. The van der Waals surface area contributed by atoms with Gasteiger partial charge in [-0.2, -0.15) is 0 Å². The SMILES string of the molecule is CN1CCN(Cc2nnc(-c3cc(C(C)(C)C)cc(C(C)(C)C)c3)o2)CC1. The van der Waals surface area contributed by atoms with Gasteiger partial charge < -0.3 is 9.32 Å². The molecule has 27 heavy (non-hydrogen) atoms. The van der Waals surface area contributed by atoms with Gasteiger partial charge in [-0.25, -0.2) is 0 Å². The van der Waals surface area contributed by atoms with Gasteiger partial charge in [0, 0.05) is 31.7 Å². The van der Waals surface area contributed by atoms with Gasteiger partial charge in [0.1, 0.15) is 0 Å². The summed E-state index contributed by atoms with van der Waals surface area (Å²) in [5, 5.41) is 8.68. The van der Waals surface area contributed by atoms with Gasteiger partial charge in [0.05, 0.1) is 6.54 Å². The van der Waals surface area contributed by atoms with Crippen molar-refractivity contribution in [3.63, 3.8) is 0 Å². The number of rotatable bonds is 3. The van der Waals surface area contributed by atoms with Crippen molar-refractivity contribution in [2.24, 2.45) is 0 Å². The highest BCUT2D eigenvalue weighted by molar-refractivity contribution is 5.57. The Morgan fingerprint density at radius 2 is 1.41 bits per heavy atom. The number of benzene rings is 1. The van der Waals surface area contributed by atoms with Crippen LogP contribution in [0.2, 0.25) is 0 Å². The third kappa shape index (κ3) is 4.96. The highest BCUT2D eigenvalue weighted by Crippen LogP contribution is 2.33. The molecule has 0 atom stereocenters. The molecule has 1 fully saturated rings. The van der Waals surface area contributed by atoms with Gasteiger partial charge in [-0.15, -0.1) is 10.2 Å². The molecule has 0 amide bonds. The molecule has 0 radical (unpaired) electrons. The predicted octanol–water partition coefficient (Wildman–Crippen LogP) is 4.08. The molecule has 1 aromatic carbocycles. The van der Waals surface area contributed by atoms with Gasteiger partial charge in [0.2, 0.25) is 11.8 Å². The molecule has 0 bridgehead atoms. The standard InChI is InChI=1S/C22H34N4O/c1-21(2,3)17-12-16(13-18(14-17)22(4,5)6)20-24-23-19(27-20)15-26-10-8-25(7)9-11-26/h12-14H,8-11,15H2,1-7H3. The van der Waals surface area contributed by atoms with Crippen LogP contribution in [0.25, 0.3) is 11.5 Å². The van der Waals surface area contributed by atoms with Crippen LogP contribution in [0.5, 0.6) is 0 Å². The zero-order chi connectivity index (χ0) is 19.8. The van der Waals surface area contributed by atoms with E-state index in [0.29, 0.717) is 11.8 Å². The second-order valence-electron chi connectivity index (χ2n) is 9.88. The zero-order valence-electron chi connectivity index (χ0n) is 18.0. The van der Waals surface area contributed by atoms with Crippen LogP contribution in [0.1, 0.15) is 58.6 Å². The fourth-order valence-electron chi connectivity index (χ4n) is 3.25. The number of hydrogen-bond donors (Lipinski definition) is 0. The van der Waals surface area contributed by atoms with Crippen molar-refractivity contribution in [1.82, 2.24) is 20.0 Å². The monoisotopic (exact) mass is 370 g/mol. The molecule has 2 aromatic rings. The summed E-state index contributed by atoms with van der Waals surface area (Å²) in [6, 6.07) is 6.70. The molecule has 0 saturated carbocycles. The van der Waals surface area contributed by atoms with Crippen LogP contribution in [-0.2, 0) is 17.4 Å². The first-order valence-electron chi connectivity index (χ1n) is 9.92. The molecule has 0 aliphatic carbocycles. The maximum atomic E-state index is 6.06. The lowest BCUT2D eigenvalue weighted by molar-refractivity contribution is 0.138. The van der Waals surface area contributed by atoms with Crippen LogP contribution in [0.15, 0.2) is 22.6 Å². The number of hydrogen-bond acceptors (Lipinski definition) is 5. The zero-order valence-corrected chi connectivity index (χ0v) is 18.0. The van der Waals surface area contributed by atoms with Crippen molar-refractivity contribution in [1.29, 1.82) is 0 Å². The second-order valence-corrected chi connectivity index (χ2v) is 9.88. The van der Waals surface area contributed by atoms with Crippen molar-refractivity contribution in [2.75, 3.05) is 33.2 Å². The Hall–Kier alpha value is -1.72. The summed E-state index contributed by atoms with van der Waals surface area (Å²) in [5.74, 6) is 1.32. The first-order chi connectivity index (χ1) is 12.5. The van der Waals surface area contributed by atoms with E-state index in [0.717, 1.165) is 38.3 Å². The minimum atomic E-state index is 0.0681. The van der Waals surface area contributed by atoms with Crippen molar-refractivity contribution in [3.05, 3.63) is 35.2 Å².